The lowest BCUT2D eigenvalue weighted by Gasteiger charge is -2.21. The molecule has 19 heavy (non-hydrogen) atoms. The minimum atomic E-state index is 0.638. The molecule has 5 nitrogen and oxygen atoms in total. The third-order valence-corrected chi connectivity index (χ3v) is 3.67. The topological polar surface area (TPSA) is 59.4 Å². The van der Waals surface area contributed by atoms with Crippen molar-refractivity contribution in [1.82, 2.24) is 14.7 Å². The van der Waals surface area contributed by atoms with Gasteiger partial charge in [0.2, 0.25) is 0 Å². The Hall–Kier alpha value is -1.52. The molecule has 0 spiro atoms. The third-order valence-electron chi connectivity index (χ3n) is 3.67. The van der Waals surface area contributed by atoms with Gasteiger partial charge in [0.25, 0.3) is 0 Å². The molecule has 1 aromatic rings. The second-order valence-electron chi connectivity index (χ2n) is 5.20. The molecule has 5 heteroatoms. The van der Waals surface area contributed by atoms with E-state index in [-0.39, 0.29) is 0 Å². The molecule has 1 fully saturated rings. The molecule has 0 saturated carbocycles. The molecule has 1 aliphatic rings. The molecule has 0 radical (unpaired) electrons. The molecule has 1 aromatic heterocycles. The summed E-state index contributed by atoms with van der Waals surface area (Å²) in [5.74, 6) is 0.688. The average molecular weight is 263 g/mol. The zero-order valence-corrected chi connectivity index (χ0v) is 12.1. The van der Waals surface area contributed by atoms with Crippen LogP contribution in [-0.2, 0) is 20.0 Å². The van der Waals surface area contributed by atoms with Crippen LogP contribution in [0.15, 0.2) is 11.2 Å². The van der Waals surface area contributed by atoms with Gasteiger partial charge in [-0.05, 0) is 19.3 Å². The number of aryl methyl sites for hydroxylation is 2. The van der Waals surface area contributed by atoms with E-state index in [1.807, 2.05) is 17.9 Å². The van der Waals surface area contributed by atoms with Gasteiger partial charge in [-0.15, -0.1) is 0 Å². The van der Waals surface area contributed by atoms with Crippen molar-refractivity contribution in [2.75, 3.05) is 13.1 Å². The minimum absolute atomic E-state index is 0.638. The van der Waals surface area contributed by atoms with Gasteiger partial charge in [-0.1, -0.05) is 19.8 Å². The molecule has 0 bridgehead atoms. The lowest BCUT2D eigenvalue weighted by Crippen LogP contribution is -2.38. The summed E-state index contributed by atoms with van der Waals surface area (Å²) in [7, 11) is 1.95. The number of hydrogen-bond donors (Lipinski definition) is 1. The van der Waals surface area contributed by atoms with Crippen molar-refractivity contribution in [3.05, 3.63) is 17.5 Å². The maximum Gasteiger partial charge on any atom is 0.191 e. The van der Waals surface area contributed by atoms with Crippen molar-refractivity contribution >= 4 is 5.96 Å². The molecule has 2 heterocycles. The number of aromatic nitrogens is 2. The lowest BCUT2D eigenvalue weighted by atomic mass is 10.2. The number of aliphatic imine (C=N–C) groups is 1. The Bertz CT molecular complexity index is 427. The Balaban J connectivity index is 1.99. The molecule has 0 aliphatic carbocycles. The van der Waals surface area contributed by atoms with Crippen molar-refractivity contribution in [3.63, 3.8) is 0 Å². The molecule has 0 aromatic carbocycles. The van der Waals surface area contributed by atoms with Crippen LogP contribution in [-0.4, -0.2) is 33.7 Å². The molecular formula is C14H25N5. The summed E-state index contributed by atoms with van der Waals surface area (Å²) < 4.78 is 1.85. The maximum absolute atomic E-state index is 6.11. The Kier molecular flexibility index (Phi) is 4.82. The van der Waals surface area contributed by atoms with Gasteiger partial charge in [-0.25, -0.2) is 4.99 Å². The number of rotatable bonds is 3. The molecule has 2 N–H and O–H groups in total. The highest BCUT2D eigenvalue weighted by molar-refractivity contribution is 5.78. The second-order valence-corrected chi connectivity index (χ2v) is 5.20. The van der Waals surface area contributed by atoms with Gasteiger partial charge in [0.15, 0.2) is 5.96 Å². The highest BCUT2D eigenvalue weighted by atomic mass is 15.3. The van der Waals surface area contributed by atoms with Gasteiger partial charge < -0.3 is 10.6 Å². The van der Waals surface area contributed by atoms with Gasteiger partial charge in [0.1, 0.15) is 0 Å². The second kappa shape index (κ2) is 6.59. The van der Waals surface area contributed by atoms with E-state index in [9.17, 15) is 0 Å². The first-order valence-electron chi connectivity index (χ1n) is 7.27. The van der Waals surface area contributed by atoms with Crippen LogP contribution in [0.3, 0.4) is 0 Å². The Morgan fingerprint density at radius 3 is 2.63 bits per heavy atom. The molecule has 2 rings (SSSR count). The zero-order chi connectivity index (χ0) is 13.7. The van der Waals surface area contributed by atoms with Crippen molar-refractivity contribution < 1.29 is 0 Å². The first kappa shape index (κ1) is 13.9. The smallest absolute Gasteiger partial charge is 0.191 e. The van der Waals surface area contributed by atoms with Crippen molar-refractivity contribution in [2.45, 2.75) is 45.6 Å². The average Bonchev–Trinajstić information content (AvgIpc) is 2.62. The van der Waals surface area contributed by atoms with Crippen LogP contribution in [0.25, 0.3) is 0 Å². The standard InChI is InChI=1S/C14H25N5/c1-3-13-12(11-18(2)17-13)10-16-14(15)19-8-6-4-5-7-9-19/h11H,3-10H2,1-2H3,(H2,15,16). The molecule has 1 saturated heterocycles. The van der Waals surface area contributed by atoms with E-state index in [1.54, 1.807) is 0 Å². The maximum atomic E-state index is 6.11. The van der Waals surface area contributed by atoms with E-state index in [0.29, 0.717) is 12.5 Å². The fourth-order valence-corrected chi connectivity index (χ4v) is 2.58. The van der Waals surface area contributed by atoms with E-state index in [1.165, 1.54) is 31.2 Å². The fourth-order valence-electron chi connectivity index (χ4n) is 2.58. The monoisotopic (exact) mass is 263 g/mol. The lowest BCUT2D eigenvalue weighted by molar-refractivity contribution is 0.428. The van der Waals surface area contributed by atoms with Crippen LogP contribution in [0.5, 0.6) is 0 Å². The van der Waals surface area contributed by atoms with Crippen LogP contribution in [0, 0.1) is 0 Å². The van der Waals surface area contributed by atoms with Gasteiger partial charge in [0.05, 0.1) is 12.2 Å². The first-order chi connectivity index (χ1) is 9.20. The SMILES string of the molecule is CCc1nn(C)cc1CN=C(N)N1CCCCCC1. The van der Waals surface area contributed by atoms with E-state index >= 15 is 0 Å². The zero-order valence-electron chi connectivity index (χ0n) is 12.1. The van der Waals surface area contributed by atoms with Gasteiger partial charge in [-0.2, -0.15) is 5.10 Å². The van der Waals surface area contributed by atoms with Gasteiger partial charge in [0, 0.05) is 31.9 Å². The normalized spacial score (nSPS) is 17.6. The number of guanidine groups is 1. The van der Waals surface area contributed by atoms with Gasteiger partial charge >= 0.3 is 0 Å². The van der Waals surface area contributed by atoms with E-state index in [2.05, 4.69) is 21.9 Å². The summed E-state index contributed by atoms with van der Waals surface area (Å²) in [6.45, 7) is 4.85. The first-order valence-corrected chi connectivity index (χ1v) is 7.27. The molecule has 106 valence electrons. The van der Waals surface area contributed by atoms with E-state index in [4.69, 9.17) is 5.73 Å². The summed E-state index contributed by atoms with van der Waals surface area (Å²) in [5.41, 5.74) is 8.42. The van der Waals surface area contributed by atoms with Crippen LogP contribution in [0.4, 0.5) is 0 Å². The highest BCUT2D eigenvalue weighted by Gasteiger charge is 2.11. The van der Waals surface area contributed by atoms with Crippen LogP contribution < -0.4 is 5.73 Å². The number of likely N-dealkylation sites (tertiary alicyclic amines) is 1. The Morgan fingerprint density at radius 1 is 1.32 bits per heavy atom. The molecule has 1 aliphatic heterocycles. The Morgan fingerprint density at radius 2 is 2.00 bits per heavy atom. The molecule has 0 atom stereocenters. The fraction of sp³-hybridized carbons (Fsp3) is 0.714. The Labute approximate surface area is 115 Å². The summed E-state index contributed by atoms with van der Waals surface area (Å²) >= 11 is 0. The summed E-state index contributed by atoms with van der Waals surface area (Å²) in [4.78, 5) is 6.77. The van der Waals surface area contributed by atoms with Crippen LogP contribution in [0.1, 0.15) is 43.9 Å². The van der Waals surface area contributed by atoms with E-state index in [0.717, 1.165) is 25.2 Å². The highest BCUT2D eigenvalue weighted by Crippen LogP contribution is 2.11. The quantitative estimate of drug-likeness (QED) is 0.666. The van der Waals surface area contributed by atoms with Crippen molar-refractivity contribution in [1.29, 1.82) is 0 Å². The number of hydrogen-bond acceptors (Lipinski definition) is 2. The van der Waals surface area contributed by atoms with Crippen molar-refractivity contribution in [2.24, 2.45) is 17.8 Å². The van der Waals surface area contributed by atoms with Crippen LogP contribution >= 0.6 is 0 Å². The van der Waals surface area contributed by atoms with E-state index < -0.39 is 0 Å². The minimum Gasteiger partial charge on any atom is -0.370 e. The van der Waals surface area contributed by atoms with Crippen molar-refractivity contribution in [3.8, 4) is 0 Å². The number of nitrogens with two attached hydrogens (primary N) is 1. The van der Waals surface area contributed by atoms with Crippen LogP contribution in [0.2, 0.25) is 0 Å². The largest absolute Gasteiger partial charge is 0.370 e. The van der Waals surface area contributed by atoms with Gasteiger partial charge in [-0.3, -0.25) is 4.68 Å². The summed E-state index contributed by atoms with van der Waals surface area (Å²) in [6.07, 6.45) is 8.05. The molecular weight excluding hydrogens is 238 g/mol. The summed E-state index contributed by atoms with van der Waals surface area (Å²) in [6, 6.07) is 0. The number of nitrogens with zero attached hydrogens (tertiary/aromatic N) is 4. The predicted octanol–water partition coefficient (Wildman–Crippen LogP) is 1.67. The molecule has 0 unspecified atom stereocenters. The summed E-state index contributed by atoms with van der Waals surface area (Å²) in [5, 5.41) is 4.43. The third kappa shape index (κ3) is 3.72. The predicted molar refractivity (Wildman–Crippen MR) is 78.0 cm³/mol. The molecule has 0 amide bonds.